The Labute approximate surface area is 165 Å². The van der Waals surface area contributed by atoms with E-state index in [4.69, 9.17) is 11.6 Å². The van der Waals surface area contributed by atoms with Crippen LogP contribution in [0.2, 0.25) is 5.02 Å². The van der Waals surface area contributed by atoms with Crippen LogP contribution in [0.4, 0.5) is 5.82 Å². The lowest BCUT2D eigenvalue weighted by Gasteiger charge is -2.14. The summed E-state index contributed by atoms with van der Waals surface area (Å²) in [5.41, 5.74) is 1.48. The van der Waals surface area contributed by atoms with E-state index in [1.807, 2.05) is 25.1 Å². The zero-order valence-electron chi connectivity index (χ0n) is 16.3. The molecule has 7 heteroatoms. The molecule has 2 N–H and O–H groups in total. The Morgan fingerprint density at radius 1 is 1.11 bits per heavy atom. The molecule has 0 aliphatic rings. The Hall–Kier alpha value is -2.34. The van der Waals surface area contributed by atoms with E-state index in [-0.39, 0.29) is 30.1 Å². The quantitative estimate of drug-likeness (QED) is 0.748. The van der Waals surface area contributed by atoms with E-state index in [1.165, 1.54) is 0 Å². The van der Waals surface area contributed by atoms with Crippen LogP contribution >= 0.6 is 11.6 Å². The SMILES string of the molecule is CCCNC(=O)CCC(=O)Nc1cc(C(C)(C)C)nn1-c1ccc(Cl)cc1. The monoisotopic (exact) mass is 390 g/mol. The minimum atomic E-state index is -0.225. The van der Waals surface area contributed by atoms with Crippen molar-refractivity contribution in [2.75, 3.05) is 11.9 Å². The lowest BCUT2D eigenvalue weighted by Crippen LogP contribution is -2.25. The number of nitrogens with one attached hydrogen (secondary N) is 2. The molecule has 2 aromatic rings. The highest BCUT2D eigenvalue weighted by Crippen LogP contribution is 2.27. The highest BCUT2D eigenvalue weighted by molar-refractivity contribution is 6.30. The number of amides is 2. The van der Waals surface area contributed by atoms with Crippen LogP contribution in [-0.2, 0) is 15.0 Å². The number of carbonyl (C=O) groups excluding carboxylic acids is 2. The van der Waals surface area contributed by atoms with Gasteiger partial charge in [-0.15, -0.1) is 0 Å². The Morgan fingerprint density at radius 3 is 2.33 bits per heavy atom. The van der Waals surface area contributed by atoms with E-state index in [2.05, 4.69) is 36.5 Å². The maximum absolute atomic E-state index is 12.3. The summed E-state index contributed by atoms with van der Waals surface area (Å²) in [5.74, 6) is 0.229. The topological polar surface area (TPSA) is 76.0 Å². The standard InChI is InChI=1S/C20H27ClN4O2/c1-5-12-22-18(26)10-11-19(27)23-17-13-16(20(2,3)4)24-25(17)15-8-6-14(21)7-9-15/h6-9,13H,5,10-12H2,1-4H3,(H,22,26)(H,23,27). The molecule has 2 amide bonds. The Kier molecular flexibility index (Phi) is 7.02. The van der Waals surface area contributed by atoms with Crippen LogP contribution in [0, 0.1) is 0 Å². The van der Waals surface area contributed by atoms with Gasteiger partial charge in [-0.1, -0.05) is 39.3 Å². The second-order valence-electron chi connectivity index (χ2n) is 7.45. The lowest BCUT2D eigenvalue weighted by atomic mass is 9.92. The molecule has 146 valence electrons. The van der Waals surface area contributed by atoms with Gasteiger partial charge in [-0.3, -0.25) is 9.59 Å². The molecule has 0 unspecified atom stereocenters. The molecule has 0 spiro atoms. The van der Waals surface area contributed by atoms with Gasteiger partial charge in [-0.25, -0.2) is 4.68 Å². The average Bonchev–Trinajstić information content (AvgIpc) is 3.03. The molecule has 0 radical (unpaired) electrons. The lowest BCUT2D eigenvalue weighted by molar-refractivity contribution is -0.124. The van der Waals surface area contributed by atoms with Crippen molar-refractivity contribution in [2.24, 2.45) is 0 Å². The molecule has 1 heterocycles. The molecule has 0 bridgehead atoms. The van der Waals surface area contributed by atoms with Crippen LogP contribution in [0.25, 0.3) is 5.69 Å². The second kappa shape index (κ2) is 9.04. The highest BCUT2D eigenvalue weighted by Gasteiger charge is 2.21. The third kappa shape index (κ3) is 6.10. The number of anilines is 1. The van der Waals surface area contributed by atoms with Crippen molar-refractivity contribution in [1.29, 1.82) is 0 Å². The summed E-state index contributed by atoms with van der Waals surface area (Å²) in [6.45, 7) is 8.79. The Morgan fingerprint density at radius 2 is 1.74 bits per heavy atom. The van der Waals surface area contributed by atoms with Gasteiger partial charge in [-0.05, 0) is 30.7 Å². The molecule has 0 fully saturated rings. The first-order valence-electron chi connectivity index (χ1n) is 9.13. The van der Waals surface area contributed by atoms with Crippen LogP contribution in [0.15, 0.2) is 30.3 Å². The van der Waals surface area contributed by atoms with Gasteiger partial charge in [0.05, 0.1) is 11.4 Å². The predicted octanol–water partition coefficient (Wildman–Crippen LogP) is 4.07. The van der Waals surface area contributed by atoms with Crippen molar-refractivity contribution < 1.29 is 9.59 Å². The van der Waals surface area contributed by atoms with Crippen LogP contribution < -0.4 is 10.6 Å². The molecule has 0 aliphatic carbocycles. The van der Waals surface area contributed by atoms with E-state index in [9.17, 15) is 9.59 Å². The zero-order valence-corrected chi connectivity index (χ0v) is 17.1. The van der Waals surface area contributed by atoms with Gasteiger partial charge in [0.2, 0.25) is 11.8 Å². The smallest absolute Gasteiger partial charge is 0.226 e. The first-order chi connectivity index (χ1) is 12.7. The first-order valence-corrected chi connectivity index (χ1v) is 9.51. The van der Waals surface area contributed by atoms with Crippen molar-refractivity contribution in [2.45, 2.75) is 52.4 Å². The van der Waals surface area contributed by atoms with Gasteiger partial charge in [0, 0.05) is 35.9 Å². The summed E-state index contributed by atoms with van der Waals surface area (Å²) in [6.07, 6.45) is 1.15. The largest absolute Gasteiger partial charge is 0.356 e. The van der Waals surface area contributed by atoms with Crippen molar-refractivity contribution >= 4 is 29.2 Å². The molecule has 27 heavy (non-hydrogen) atoms. The summed E-state index contributed by atoms with van der Waals surface area (Å²) in [6, 6.07) is 9.10. The molecule has 1 aromatic carbocycles. The number of aromatic nitrogens is 2. The number of hydrogen-bond donors (Lipinski definition) is 2. The van der Waals surface area contributed by atoms with Gasteiger partial charge < -0.3 is 10.6 Å². The molecule has 2 rings (SSSR count). The zero-order chi connectivity index (χ0) is 20.0. The van der Waals surface area contributed by atoms with E-state index >= 15 is 0 Å². The van der Waals surface area contributed by atoms with Gasteiger partial charge in [0.25, 0.3) is 0 Å². The van der Waals surface area contributed by atoms with Gasteiger partial charge in [-0.2, -0.15) is 5.10 Å². The third-order valence-corrected chi connectivity index (χ3v) is 4.22. The third-order valence-electron chi connectivity index (χ3n) is 3.97. The van der Waals surface area contributed by atoms with E-state index in [1.54, 1.807) is 16.8 Å². The van der Waals surface area contributed by atoms with Crippen molar-refractivity contribution in [3.63, 3.8) is 0 Å². The number of hydrogen-bond acceptors (Lipinski definition) is 3. The maximum atomic E-state index is 12.3. The summed E-state index contributed by atoms with van der Waals surface area (Å²) < 4.78 is 1.69. The Balaban J connectivity index is 2.17. The first kappa shape index (κ1) is 21.0. The minimum Gasteiger partial charge on any atom is -0.356 e. The predicted molar refractivity (Wildman–Crippen MR) is 108 cm³/mol. The normalized spacial score (nSPS) is 11.3. The van der Waals surface area contributed by atoms with Crippen LogP contribution in [0.5, 0.6) is 0 Å². The van der Waals surface area contributed by atoms with Gasteiger partial charge in [0.15, 0.2) is 0 Å². The van der Waals surface area contributed by atoms with Crippen LogP contribution in [0.1, 0.15) is 52.7 Å². The van der Waals surface area contributed by atoms with E-state index in [0.717, 1.165) is 17.8 Å². The molecule has 0 saturated heterocycles. The summed E-state index contributed by atoms with van der Waals surface area (Å²) in [4.78, 5) is 24.0. The highest BCUT2D eigenvalue weighted by atomic mass is 35.5. The fourth-order valence-corrected chi connectivity index (χ4v) is 2.53. The number of rotatable bonds is 7. The van der Waals surface area contributed by atoms with E-state index in [0.29, 0.717) is 17.4 Å². The minimum absolute atomic E-state index is 0.117. The number of halogens is 1. The van der Waals surface area contributed by atoms with Crippen molar-refractivity contribution in [3.8, 4) is 5.69 Å². The van der Waals surface area contributed by atoms with Crippen LogP contribution in [-0.4, -0.2) is 28.1 Å². The molecule has 0 aliphatic heterocycles. The van der Waals surface area contributed by atoms with E-state index < -0.39 is 0 Å². The second-order valence-corrected chi connectivity index (χ2v) is 7.89. The fourth-order valence-electron chi connectivity index (χ4n) is 2.40. The Bertz CT molecular complexity index is 791. The molecule has 6 nitrogen and oxygen atoms in total. The number of benzene rings is 1. The fraction of sp³-hybridized carbons (Fsp3) is 0.450. The number of carbonyl (C=O) groups is 2. The maximum Gasteiger partial charge on any atom is 0.226 e. The molecule has 0 saturated carbocycles. The summed E-state index contributed by atoms with van der Waals surface area (Å²) in [7, 11) is 0. The molecular weight excluding hydrogens is 364 g/mol. The average molecular weight is 391 g/mol. The summed E-state index contributed by atoms with van der Waals surface area (Å²) >= 11 is 5.97. The molecular formula is C20H27ClN4O2. The molecule has 1 aromatic heterocycles. The summed E-state index contributed by atoms with van der Waals surface area (Å²) in [5, 5.41) is 10.9. The van der Waals surface area contributed by atoms with Gasteiger partial charge in [0.1, 0.15) is 5.82 Å². The number of nitrogens with zero attached hydrogens (tertiary/aromatic N) is 2. The van der Waals surface area contributed by atoms with Crippen LogP contribution in [0.3, 0.4) is 0 Å². The van der Waals surface area contributed by atoms with Crippen molar-refractivity contribution in [3.05, 3.63) is 41.0 Å². The van der Waals surface area contributed by atoms with Gasteiger partial charge >= 0.3 is 0 Å². The van der Waals surface area contributed by atoms with Crippen molar-refractivity contribution in [1.82, 2.24) is 15.1 Å². The molecule has 0 atom stereocenters.